The van der Waals surface area contributed by atoms with Crippen molar-refractivity contribution in [1.29, 1.82) is 5.41 Å². The highest BCUT2D eigenvalue weighted by Crippen LogP contribution is 2.34. The van der Waals surface area contributed by atoms with E-state index >= 15 is 0 Å². The number of rotatable bonds is 2. The second kappa shape index (κ2) is 6.51. The van der Waals surface area contributed by atoms with Crippen LogP contribution in [0.15, 0.2) is 18.2 Å². The van der Waals surface area contributed by atoms with Crippen molar-refractivity contribution in [3.8, 4) is 17.2 Å². The highest BCUT2D eigenvalue weighted by molar-refractivity contribution is 5.49. The maximum Gasteiger partial charge on any atom is 0.231 e. The first-order valence-electron chi connectivity index (χ1n) is 3.65. The van der Waals surface area contributed by atoms with Gasteiger partial charge < -0.3 is 14.6 Å². The van der Waals surface area contributed by atoms with Crippen molar-refractivity contribution in [2.75, 3.05) is 14.2 Å². The number of benzene rings is 1. The molecule has 1 aromatic carbocycles. The lowest BCUT2D eigenvalue weighted by atomic mass is 10.3. The maximum atomic E-state index is 9.34. The second-order valence-electron chi connectivity index (χ2n) is 2.11. The van der Waals surface area contributed by atoms with E-state index in [0.717, 1.165) is 6.08 Å². The molecule has 14 heavy (non-hydrogen) atoms. The van der Waals surface area contributed by atoms with Crippen LogP contribution in [0.1, 0.15) is 0 Å². The lowest BCUT2D eigenvalue weighted by Crippen LogP contribution is -1.87. The quantitative estimate of drug-likeness (QED) is 0.553. The Morgan fingerprint density at radius 2 is 1.64 bits per heavy atom. The van der Waals surface area contributed by atoms with Crippen LogP contribution in [-0.2, 0) is 4.79 Å². The van der Waals surface area contributed by atoms with Crippen molar-refractivity contribution in [2.24, 2.45) is 0 Å². The molecular weight excluding hydrogens is 186 g/mol. The number of hydrogen-bond acceptors (Lipinski definition) is 5. The van der Waals surface area contributed by atoms with Crippen LogP contribution in [0.2, 0.25) is 0 Å². The number of hydrogen-bond donors (Lipinski definition) is 2. The van der Waals surface area contributed by atoms with Crippen molar-refractivity contribution in [1.82, 2.24) is 0 Å². The van der Waals surface area contributed by atoms with E-state index in [1.807, 2.05) is 0 Å². The van der Waals surface area contributed by atoms with Gasteiger partial charge in [-0.1, -0.05) is 6.07 Å². The average Bonchev–Trinajstić information content (AvgIpc) is 2.19. The minimum Gasteiger partial charge on any atom is -0.502 e. The molecule has 0 bridgehead atoms. The van der Waals surface area contributed by atoms with E-state index in [2.05, 4.69) is 0 Å². The third-order valence-electron chi connectivity index (χ3n) is 1.40. The molecular formula is C9H11NO4. The van der Waals surface area contributed by atoms with Gasteiger partial charge in [-0.05, 0) is 12.1 Å². The Bertz CT molecular complexity index is 296. The molecule has 0 aromatic heterocycles. The number of isocyanates is 1. The highest BCUT2D eigenvalue weighted by atomic mass is 16.5. The predicted octanol–water partition coefficient (Wildman–Crippen LogP) is 1.31. The van der Waals surface area contributed by atoms with Gasteiger partial charge in [0.1, 0.15) is 0 Å². The lowest BCUT2D eigenvalue weighted by molar-refractivity contribution is 0.340. The number of para-hydroxylation sites is 1. The molecule has 0 amide bonds. The van der Waals surface area contributed by atoms with Gasteiger partial charge in [0, 0.05) is 0 Å². The third kappa shape index (κ3) is 3.16. The standard InChI is InChI=1S/C8H10O3.CHNO/c1-10-6-4-3-5-7(11-2)8(6)9;2-1-3/h3-5,9H,1-2H3;2H. The zero-order valence-corrected chi connectivity index (χ0v) is 7.90. The van der Waals surface area contributed by atoms with Gasteiger partial charge in [0.15, 0.2) is 11.5 Å². The Balaban J connectivity index is 0.000000500. The summed E-state index contributed by atoms with van der Waals surface area (Å²) in [7, 11) is 2.99. The van der Waals surface area contributed by atoms with Gasteiger partial charge in [0.05, 0.1) is 14.2 Å². The molecule has 0 unspecified atom stereocenters. The van der Waals surface area contributed by atoms with Crippen LogP contribution in [0.4, 0.5) is 0 Å². The fourth-order valence-corrected chi connectivity index (χ4v) is 0.832. The van der Waals surface area contributed by atoms with E-state index < -0.39 is 0 Å². The lowest BCUT2D eigenvalue weighted by Gasteiger charge is -2.06. The van der Waals surface area contributed by atoms with Crippen LogP contribution in [-0.4, -0.2) is 25.4 Å². The van der Waals surface area contributed by atoms with E-state index in [1.165, 1.54) is 14.2 Å². The normalized spacial score (nSPS) is 7.86. The van der Waals surface area contributed by atoms with Gasteiger partial charge in [-0.3, -0.25) is 0 Å². The number of aromatic hydroxyl groups is 1. The zero-order chi connectivity index (χ0) is 11.0. The van der Waals surface area contributed by atoms with Crippen LogP contribution in [0.5, 0.6) is 17.2 Å². The summed E-state index contributed by atoms with van der Waals surface area (Å²) in [6.07, 6.45) is 0.750. The monoisotopic (exact) mass is 197 g/mol. The first-order chi connectivity index (χ1) is 6.71. The Morgan fingerprint density at radius 3 is 1.93 bits per heavy atom. The SMILES string of the molecule is COc1cccc(OC)c1O.N=C=O. The van der Waals surface area contributed by atoms with Gasteiger partial charge in [-0.2, -0.15) is 0 Å². The predicted molar refractivity (Wildman–Crippen MR) is 49.6 cm³/mol. The summed E-state index contributed by atoms with van der Waals surface area (Å²) in [5.41, 5.74) is 0. The van der Waals surface area contributed by atoms with Crippen LogP contribution < -0.4 is 9.47 Å². The Morgan fingerprint density at radius 1 is 1.29 bits per heavy atom. The average molecular weight is 197 g/mol. The molecule has 2 N–H and O–H groups in total. The zero-order valence-electron chi connectivity index (χ0n) is 7.90. The van der Waals surface area contributed by atoms with Crippen molar-refractivity contribution in [2.45, 2.75) is 0 Å². The minimum atomic E-state index is 0.0394. The minimum absolute atomic E-state index is 0.0394. The first kappa shape index (κ1) is 12.0. The molecule has 0 heterocycles. The van der Waals surface area contributed by atoms with Gasteiger partial charge >= 0.3 is 0 Å². The number of phenols is 1. The molecule has 0 fully saturated rings. The molecule has 5 nitrogen and oxygen atoms in total. The molecule has 1 rings (SSSR count). The van der Waals surface area contributed by atoms with E-state index in [0.29, 0.717) is 11.5 Å². The first-order valence-corrected chi connectivity index (χ1v) is 3.65. The van der Waals surface area contributed by atoms with E-state index in [-0.39, 0.29) is 5.75 Å². The summed E-state index contributed by atoms with van der Waals surface area (Å²) in [6, 6.07) is 5.08. The van der Waals surface area contributed by atoms with E-state index in [1.54, 1.807) is 18.2 Å². The summed E-state index contributed by atoms with van der Waals surface area (Å²) in [5, 5.41) is 14.7. The topological polar surface area (TPSA) is 79.6 Å². The number of ether oxygens (including phenoxy) is 2. The molecule has 76 valence electrons. The summed E-state index contributed by atoms with van der Waals surface area (Å²) in [6.45, 7) is 0. The molecule has 0 saturated carbocycles. The number of carbonyl (C=O) groups excluding carboxylic acids is 1. The van der Waals surface area contributed by atoms with Gasteiger partial charge in [-0.15, -0.1) is 0 Å². The van der Waals surface area contributed by atoms with Gasteiger partial charge in [-0.25, -0.2) is 10.2 Å². The Labute approximate surface area is 81.4 Å². The second-order valence-corrected chi connectivity index (χ2v) is 2.11. The maximum absolute atomic E-state index is 9.34. The largest absolute Gasteiger partial charge is 0.502 e. The third-order valence-corrected chi connectivity index (χ3v) is 1.40. The summed E-state index contributed by atoms with van der Waals surface area (Å²) < 4.78 is 9.71. The van der Waals surface area contributed by atoms with Crippen molar-refractivity contribution in [3.05, 3.63) is 18.2 Å². The van der Waals surface area contributed by atoms with Crippen molar-refractivity contribution >= 4 is 6.08 Å². The fraction of sp³-hybridized carbons (Fsp3) is 0.222. The molecule has 5 heteroatoms. The molecule has 0 aliphatic heterocycles. The Hall–Kier alpha value is -2.00. The molecule has 0 saturated heterocycles. The van der Waals surface area contributed by atoms with Crippen LogP contribution in [0.25, 0.3) is 0 Å². The summed E-state index contributed by atoms with van der Waals surface area (Å²) in [5.74, 6) is 0.881. The van der Waals surface area contributed by atoms with Gasteiger partial charge in [0.25, 0.3) is 0 Å². The number of phenolic OH excluding ortho intramolecular Hbond substituents is 1. The number of nitrogens with one attached hydrogen (secondary N) is 1. The molecule has 1 aromatic rings. The fourth-order valence-electron chi connectivity index (χ4n) is 0.832. The van der Waals surface area contributed by atoms with E-state index in [9.17, 15) is 5.11 Å². The summed E-state index contributed by atoms with van der Waals surface area (Å²) >= 11 is 0. The smallest absolute Gasteiger partial charge is 0.231 e. The van der Waals surface area contributed by atoms with Crippen LogP contribution in [0.3, 0.4) is 0 Å². The van der Waals surface area contributed by atoms with Crippen LogP contribution in [0, 0.1) is 5.41 Å². The number of methoxy groups -OCH3 is 2. The molecule has 0 aliphatic rings. The summed E-state index contributed by atoms with van der Waals surface area (Å²) in [4.78, 5) is 8.35. The van der Waals surface area contributed by atoms with Gasteiger partial charge in [0.2, 0.25) is 11.8 Å². The molecule has 0 aliphatic carbocycles. The van der Waals surface area contributed by atoms with Crippen molar-refractivity contribution < 1.29 is 19.4 Å². The van der Waals surface area contributed by atoms with Crippen LogP contribution >= 0.6 is 0 Å². The Kier molecular flexibility index (Phi) is 5.58. The highest BCUT2D eigenvalue weighted by Gasteiger charge is 2.05. The van der Waals surface area contributed by atoms with Crippen molar-refractivity contribution in [3.63, 3.8) is 0 Å². The molecule has 0 atom stereocenters. The molecule has 0 spiro atoms. The molecule has 0 radical (unpaired) electrons. The van der Waals surface area contributed by atoms with E-state index in [4.69, 9.17) is 19.7 Å².